The fourth-order valence-electron chi connectivity index (χ4n) is 3.92. The van der Waals surface area contributed by atoms with Crippen molar-refractivity contribution in [3.63, 3.8) is 0 Å². The lowest BCUT2D eigenvalue weighted by Gasteiger charge is -2.33. The second-order valence-electron chi connectivity index (χ2n) is 6.16. The van der Waals surface area contributed by atoms with Crippen LogP contribution in [0.2, 0.25) is 0 Å². The van der Waals surface area contributed by atoms with Gasteiger partial charge in [0.05, 0.1) is 0 Å². The van der Waals surface area contributed by atoms with Crippen molar-refractivity contribution in [1.29, 1.82) is 0 Å². The van der Waals surface area contributed by atoms with E-state index in [4.69, 9.17) is 5.73 Å². The van der Waals surface area contributed by atoms with Gasteiger partial charge in [0.15, 0.2) is 0 Å². The molecule has 124 valence electrons. The van der Waals surface area contributed by atoms with E-state index in [2.05, 4.69) is 38.1 Å². The molecule has 0 spiro atoms. The van der Waals surface area contributed by atoms with E-state index < -0.39 is 0 Å². The largest absolute Gasteiger partial charge is 0.324 e. The number of rotatable bonds is 0. The minimum Gasteiger partial charge on any atom is -0.324 e. The van der Waals surface area contributed by atoms with Crippen molar-refractivity contribution in [3.05, 3.63) is 57.6 Å². The van der Waals surface area contributed by atoms with E-state index in [1.165, 1.54) is 50.9 Å². The van der Waals surface area contributed by atoms with Crippen molar-refractivity contribution >= 4 is 0 Å². The van der Waals surface area contributed by atoms with E-state index in [1.807, 2.05) is 27.7 Å². The summed E-state index contributed by atoms with van der Waals surface area (Å²) in [7, 11) is 0. The third kappa shape index (κ3) is 3.07. The molecule has 2 aromatic carbocycles. The first-order valence-electron chi connectivity index (χ1n) is 9.15. The van der Waals surface area contributed by atoms with E-state index >= 15 is 0 Å². The van der Waals surface area contributed by atoms with Crippen molar-refractivity contribution in [2.45, 2.75) is 66.8 Å². The quantitative estimate of drug-likeness (QED) is 0.666. The molecule has 1 unspecified atom stereocenters. The van der Waals surface area contributed by atoms with Crippen LogP contribution in [0.5, 0.6) is 0 Å². The third-order valence-electron chi connectivity index (χ3n) is 4.59. The molecule has 1 heteroatoms. The first-order chi connectivity index (χ1) is 11.1. The normalized spacial score (nSPS) is 16.4. The predicted octanol–water partition coefficient (Wildman–Crippen LogP) is 5.68. The van der Waals surface area contributed by atoms with Gasteiger partial charge in [-0.25, -0.2) is 0 Å². The Morgan fingerprint density at radius 3 is 1.83 bits per heavy atom. The lowest BCUT2D eigenvalue weighted by atomic mass is 9.73. The zero-order valence-corrected chi connectivity index (χ0v) is 15.6. The smallest absolute Gasteiger partial charge is 0.0342 e. The topological polar surface area (TPSA) is 26.0 Å². The monoisotopic (exact) mass is 309 g/mol. The van der Waals surface area contributed by atoms with E-state index in [1.54, 1.807) is 0 Å². The zero-order chi connectivity index (χ0) is 17.1. The van der Waals surface area contributed by atoms with E-state index in [0.29, 0.717) is 0 Å². The van der Waals surface area contributed by atoms with Gasteiger partial charge in [0.2, 0.25) is 0 Å². The molecule has 0 heterocycles. The Bertz CT molecular complexity index is 698. The summed E-state index contributed by atoms with van der Waals surface area (Å²) in [5.41, 5.74) is 18.0. The number of aryl methyl sites for hydroxylation is 4. The Hall–Kier alpha value is -1.60. The highest BCUT2D eigenvalue weighted by atomic mass is 14.6. The molecule has 0 saturated carbocycles. The van der Waals surface area contributed by atoms with Crippen LogP contribution in [0, 0.1) is 13.8 Å². The Kier molecular flexibility index (Phi) is 5.64. The minimum atomic E-state index is 0.161. The predicted molar refractivity (Wildman–Crippen MR) is 102 cm³/mol. The molecule has 2 aliphatic rings. The molecule has 0 aromatic heterocycles. The van der Waals surface area contributed by atoms with Crippen LogP contribution in [0.4, 0.5) is 0 Å². The highest BCUT2D eigenvalue weighted by Crippen LogP contribution is 2.45. The number of benzene rings is 2. The summed E-state index contributed by atoms with van der Waals surface area (Å²) < 4.78 is 0. The summed E-state index contributed by atoms with van der Waals surface area (Å²) in [6, 6.07) is 9.50. The highest BCUT2D eigenvalue weighted by molar-refractivity contribution is 5.82. The summed E-state index contributed by atoms with van der Waals surface area (Å²) in [5, 5.41) is 0. The van der Waals surface area contributed by atoms with E-state index in [9.17, 15) is 0 Å². The van der Waals surface area contributed by atoms with Crippen molar-refractivity contribution < 1.29 is 0 Å². The molecule has 2 aromatic rings. The van der Waals surface area contributed by atoms with Gasteiger partial charge < -0.3 is 5.73 Å². The zero-order valence-electron chi connectivity index (χ0n) is 15.6. The number of hydrogen-bond acceptors (Lipinski definition) is 1. The van der Waals surface area contributed by atoms with Crippen LogP contribution >= 0.6 is 0 Å². The SMILES string of the molecule is CC.CC.Cc1cc2c3c(c1)CC(N)c1cc(C)cc(c1-3)CC2. The Morgan fingerprint density at radius 1 is 0.739 bits per heavy atom. The van der Waals surface area contributed by atoms with Gasteiger partial charge in [-0.05, 0) is 66.5 Å². The van der Waals surface area contributed by atoms with Gasteiger partial charge in [-0.15, -0.1) is 0 Å². The van der Waals surface area contributed by atoms with Gasteiger partial charge in [0, 0.05) is 6.04 Å². The molecule has 23 heavy (non-hydrogen) atoms. The fourth-order valence-corrected chi connectivity index (χ4v) is 3.92. The van der Waals surface area contributed by atoms with Crippen LogP contribution in [0.1, 0.15) is 67.1 Å². The lowest BCUT2D eigenvalue weighted by molar-refractivity contribution is 0.703. The fraction of sp³-hybridized carbons (Fsp3) is 0.455. The van der Waals surface area contributed by atoms with Crippen LogP contribution in [-0.2, 0) is 19.3 Å². The van der Waals surface area contributed by atoms with E-state index in [-0.39, 0.29) is 6.04 Å². The van der Waals surface area contributed by atoms with E-state index in [0.717, 1.165) is 12.8 Å². The van der Waals surface area contributed by atoms with Crippen LogP contribution < -0.4 is 5.73 Å². The van der Waals surface area contributed by atoms with Crippen LogP contribution in [-0.4, -0.2) is 0 Å². The second-order valence-corrected chi connectivity index (χ2v) is 6.16. The highest BCUT2D eigenvalue weighted by Gasteiger charge is 2.29. The maximum absolute atomic E-state index is 6.42. The molecule has 0 aliphatic heterocycles. The maximum Gasteiger partial charge on any atom is 0.0342 e. The Labute approximate surface area is 141 Å². The van der Waals surface area contributed by atoms with Crippen molar-refractivity contribution in [2.75, 3.05) is 0 Å². The molecule has 0 saturated heterocycles. The molecule has 0 amide bonds. The first-order valence-corrected chi connectivity index (χ1v) is 9.15. The lowest BCUT2D eigenvalue weighted by Crippen LogP contribution is -2.23. The molecular formula is C22H31N. The van der Waals surface area contributed by atoms with Gasteiger partial charge in [-0.2, -0.15) is 0 Å². The van der Waals surface area contributed by atoms with Crippen LogP contribution in [0.15, 0.2) is 24.3 Å². The van der Waals surface area contributed by atoms with Gasteiger partial charge in [0.25, 0.3) is 0 Å². The average Bonchev–Trinajstić information content (AvgIpc) is 2.56. The summed E-state index contributed by atoms with van der Waals surface area (Å²) in [5.74, 6) is 0. The summed E-state index contributed by atoms with van der Waals surface area (Å²) in [6.07, 6.45) is 3.32. The molecule has 2 N–H and O–H groups in total. The van der Waals surface area contributed by atoms with Gasteiger partial charge >= 0.3 is 0 Å². The standard InChI is InChI=1S/C18H19N.2C2H6/c1-10-5-12-3-4-13-6-11(2)8-15-16(19)9-14(7-10)17(12)18(13)15;2*1-2/h5-8,16H,3-4,9,19H2,1-2H3;2*1-2H3. The molecule has 1 nitrogen and oxygen atoms in total. The van der Waals surface area contributed by atoms with Crippen molar-refractivity contribution in [3.8, 4) is 11.1 Å². The first kappa shape index (κ1) is 17.7. The summed E-state index contributed by atoms with van der Waals surface area (Å²) in [4.78, 5) is 0. The minimum absolute atomic E-state index is 0.161. The van der Waals surface area contributed by atoms with Gasteiger partial charge in [-0.3, -0.25) is 0 Å². The van der Waals surface area contributed by atoms with Crippen LogP contribution in [0.25, 0.3) is 11.1 Å². The average molecular weight is 309 g/mol. The van der Waals surface area contributed by atoms with Crippen molar-refractivity contribution in [2.24, 2.45) is 5.73 Å². The molecular weight excluding hydrogens is 278 g/mol. The summed E-state index contributed by atoms with van der Waals surface area (Å²) in [6.45, 7) is 12.4. The van der Waals surface area contributed by atoms with Crippen LogP contribution in [0.3, 0.4) is 0 Å². The third-order valence-corrected chi connectivity index (χ3v) is 4.59. The van der Waals surface area contributed by atoms with Crippen molar-refractivity contribution in [1.82, 2.24) is 0 Å². The summed E-state index contributed by atoms with van der Waals surface area (Å²) >= 11 is 0. The Balaban J connectivity index is 0.000000448. The molecule has 4 rings (SSSR count). The molecule has 0 radical (unpaired) electrons. The molecule has 1 atom stereocenters. The molecule has 0 bridgehead atoms. The Morgan fingerprint density at radius 2 is 1.22 bits per heavy atom. The molecule has 0 fully saturated rings. The molecule has 2 aliphatic carbocycles. The second kappa shape index (κ2) is 7.31. The number of hydrogen-bond donors (Lipinski definition) is 1. The van der Waals surface area contributed by atoms with Gasteiger partial charge in [-0.1, -0.05) is 63.1 Å². The van der Waals surface area contributed by atoms with Gasteiger partial charge in [0.1, 0.15) is 0 Å². The maximum atomic E-state index is 6.42. The number of nitrogens with two attached hydrogens (primary N) is 1.